The van der Waals surface area contributed by atoms with Gasteiger partial charge < -0.3 is 4.57 Å². The molecule has 0 unspecified atom stereocenters. The fraction of sp³-hybridized carbons (Fsp3) is 0.368. The minimum atomic E-state index is -0.582. The summed E-state index contributed by atoms with van der Waals surface area (Å²) >= 11 is 0. The largest absolute Gasteiger partial charge is 0.339 e. The zero-order valence-electron chi connectivity index (χ0n) is 13.5. The first kappa shape index (κ1) is 15.1. The van der Waals surface area contributed by atoms with Crippen molar-refractivity contribution in [3.05, 3.63) is 42.2 Å². The quantitative estimate of drug-likeness (QED) is 0.567. The lowest BCUT2D eigenvalue weighted by Gasteiger charge is -2.23. The highest BCUT2D eigenvalue weighted by atomic mass is 16.5. The zero-order chi connectivity index (χ0) is 16.5. The van der Waals surface area contributed by atoms with Crippen LogP contribution < -0.4 is 5.48 Å². The van der Waals surface area contributed by atoms with E-state index in [9.17, 15) is 4.79 Å². The molecule has 124 valence electrons. The minimum Gasteiger partial charge on any atom is -0.339 e. The highest BCUT2D eigenvalue weighted by molar-refractivity contribution is 6.09. The number of para-hydroxylation sites is 1. The van der Waals surface area contributed by atoms with Crippen LogP contribution in [0.25, 0.3) is 21.8 Å². The first-order valence-corrected chi connectivity index (χ1v) is 8.59. The summed E-state index contributed by atoms with van der Waals surface area (Å²) in [5.74, 6) is 0.124. The molecule has 0 bridgehead atoms. The van der Waals surface area contributed by atoms with Gasteiger partial charge in [-0.1, -0.05) is 37.5 Å². The average Bonchev–Trinajstić information content (AvgIpc) is 2.95. The third kappa shape index (κ3) is 2.55. The summed E-state index contributed by atoms with van der Waals surface area (Å²) in [6.45, 7) is 0.997. The lowest BCUT2D eigenvalue weighted by atomic mass is 9.89. The fourth-order valence-corrected chi connectivity index (χ4v) is 3.95. The highest BCUT2D eigenvalue weighted by Crippen LogP contribution is 2.32. The van der Waals surface area contributed by atoms with Crippen molar-refractivity contribution in [2.24, 2.45) is 5.92 Å². The van der Waals surface area contributed by atoms with Gasteiger partial charge in [0.25, 0.3) is 5.91 Å². The molecule has 0 aliphatic heterocycles. The number of carbonyl (C=O) groups is 1. The van der Waals surface area contributed by atoms with E-state index in [1.165, 1.54) is 37.6 Å². The molecule has 1 aromatic carbocycles. The Morgan fingerprint density at radius 1 is 1.17 bits per heavy atom. The molecule has 1 amide bonds. The standard InChI is InChI=1S/C19H21N3O2/c23-19(21-24)16-10-15-14-8-4-5-9-17(14)22(18(15)11-20-16)12-13-6-2-1-3-7-13/h4-5,8-11,13,24H,1-3,6-7,12H2,(H,21,23). The molecule has 0 atom stereocenters. The summed E-state index contributed by atoms with van der Waals surface area (Å²) in [5, 5.41) is 11.0. The van der Waals surface area contributed by atoms with E-state index in [1.54, 1.807) is 17.7 Å². The fourth-order valence-electron chi connectivity index (χ4n) is 3.95. The molecule has 2 heterocycles. The van der Waals surface area contributed by atoms with Crippen molar-refractivity contribution in [2.45, 2.75) is 38.6 Å². The van der Waals surface area contributed by atoms with Gasteiger partial charge in [0.05, 0.1) is 11.7 Å². The van der Waals surface area contributed by atoms with Crippen LogP contribution in [0.4, 0.5) is 0 Å². The van der Waals surface area contributed by atoms with E-state index in [2.05, 4.69) is 21.7 Å². The number of hydroxylamine groups is 1. The van der Waals surface area contributed by atoms with Gasteiger partial charge in [-0.15, -0.1) is 0 Å². The molecule has 4 rings (SSSR count). The molecule has 2 aromatic heterocycles. The maximum absolute atomic E-state index is 11.7. The smallest absolute Gasteiger partial charge is 0.293 e. The first-order valence-electron chi connectivity index (χ1n) is 8.59. The Labute approximate surface area is 140 Å². The van der Waals surface area contributed by atoms with Crippen molar-refractivity contribution in [2.75, 3.05) is 0 Å². The number of carbonyl (C=O) groups excluding carboxylic acids is 1. The summed E-state index contributed by atoms with van der Waals surface area (Å²) < 4.78 is 2.34. The number of pyridine rings is 1. The third-order valence-corrected chi connectivity index (χ3v) is 5.16. The van der Waals surface area contributed by atoms with E-state index in [-0.39, 0.29) is 5.69 Å². The number of nitrogens with zero attached hydrogens (tertiary/aromatic N) is 2. The molecule has 0 saturated heterocycles. The molecule has 2 N–H and O–H groups in total. The van der Waals surface area contributed by atoms with Crippen molar-refractivity contribution in [1.29, 1.82) is 0 Å². The van der Waals surface area contributed by atoms with Crippen molar-refractivity contribution in [1.82, 2.24) is 15.0 Å². The molecule has 1 fully saturated rings. The number of nitrogens with one attached hydrogen (secondary N) is 1. The lowest BCUT2D eigenvalue weighted by molar-refractivity contribution is 0.0701. The predicted molar refractivity (Wildman–Crippen MR) is 93.1 cm³/mol. The lowest BCUT2D eigenvalue weighted by Crippen LogP contribution is -2.19. The van der Waals surface area contributed by atoms with E-state index < -0.39 is 5.91 Å². The van der Waals surface area contributed by atoms with Crippen LogP contribution in [0.2, 0.25) is 0 Å². The van der Waals surface area contributed by atoms with E-state index in [0.29, 0.717) is 5.92 Å². The first-order chi connectivity index (χ1) is 11.8. The summed E-state index contributed by atoms with van der Waals surface area (Å²) in [5.41, 5.74) is 4.12. The van der Waals surface area contributed by atoms with Crippen LogP contribution in [-0.2, 0) is 6.54 Å². The van der Waals surface area contributed by atoms with E-state index in [1.807, 2.05) is 12.1 Å². The number of benzene rings is 1. The van der Waals surface area contributed by atoms with Crippen molar-refractivity contribution in [3.63, 3.8) is 0 Å². The van der Waals surface area contributed by atoms with Crippen LogP contribution in [0.15, 0.2) is 36.5 Å². The Hall–Kier alpha value is -2.40. The van der Waals surface area contributed by atoms with Crippen LogP contribution in [-0.4, -0.2) is 20.7 Å². The summed E-state index contributed by atoms with van der Waals surface area (Å²) in [4.78, 5) is 15.9. The van der Waals surface area contributed by atoms with Gasteiger partial charge in [0.1, 0.15) is 5.69 Å². The normalized spacial score (nSPS) is 15.9. The van der Waals surface area contributed by atoms with Crippen LogP contribution in [0.5, 0.6) is 0 Å². The van der Waals surface area contributed by atoms with Gasteiger partial charge in [-0.05, 0) is 30.9 Å². The second-order valence-corrected chi connectivity index (χ2v) is 6.66. The van der Waals surface area contributed by atoms with Crippen LogP contribution in [0, 0.1) is 5.92 Å². The molecule has 1 aliphatic rings. The minimum absolute atomic E-state index is 0.227. The zero-order valence-corrected chi connectivity index (χ0v) is 13.5. The van der Waals surface area contributed by atoms with Gasteiger partial charge in [-0.25, -0.2) is 10.5 Å². The predicted octanol–water partition coefficient (Wildman–Crippen LogP) is 3.89. The molecular formula is C19H21N3O2. The number of fused-ring (bicyclic) bond motifs is 3. The van der Waals surface area contributed by atoms with Gasteiger partial charge in [0, 0.05) is 22.8 Å². The monoisotopic (exact) mass is 323 g/mol. The second kappa shape index (κ2) is 6.24. The van der Waals surface area contributed by atoms with Gasteiger partial charge in [0.2, 0.25) is 0 Å². The highest BCUT2D eigenvalue weighted by Gasteiger charge is 2.18. The van der Waals surface area contributed by atoms with Crippen LogP contribution in [0.1, 0.15) is 42.6 Å². The maximum atomic E-state index is 11.7. The van der Waals surface area contributed by atoms with Gasteiger partial charge in [-0.3, -0.25) is 10.0 Å². The average molecular weight is 323 g/mol. The molecule has 1 aliphatic carbocycles. The summed E-state index contributed by atoms with van der Waals surface area (Å²) in [6.07, 6.45) is 8.31. The Kier molecular flexibility index (Phi) is 3.94. The molecular weight excluding hydrogens is 302 g/mol. The maximum Gasteiger partial charge on any atom is 0.293 e. The molecule has 5 nitrogen and oxygen atoms in total. The molecule has 0 radical (unpaired) electrons. The number of amides is 1. The summed E-state index contributed by atoms with van der Waals surface area (Å²) in [7, 11) is 0. The van der Waals surface area contributed by atoms with E-state index in [4.69, 9.17) is 5.21 Å². The SMILES string of the molecule is O=C(NO)c1cc2c3ccccc3n(CC3CCCCC3)c2cn1. The van der Waals surface area contributed by atoms with Gasteiger partial charge in [0.15, 0.2) is 0 Å². The van der Waals surface area contributed by atoms with Crippen molar-refractivity contribution < 1.29 is 10.0 Å². The molecule has 5 heteroatoms. The number of aromatic nitrogens is 2. The van der Waals surface area contributed by atoms with Gasteiger partial charge >= 0.3 is 0 Å². The third-order valence-electron chi connectivity index (χ3n) is 5.16. The van der Waals surface area contributed by atoms with Gasteiger partial charge in [-0.2, -0.15) is 0 Å². The number of rotatable bonds is 3. The van der Waals surface area contributed by atoms with Crippen LogP contribution in [0.3, 0.4) is 0 Å². The Balaban J connectivity index is 1.85. The van der Waals surface area contributed by atoms with Crippen molar-refractivity contribution in [3.8, 4) is 0 Å². The Morgan fingerprint density at radius 3 is 2.75 bits per heavy atom. The number of hydrogen-bond donors (Lipinski definition) is 2. The molecule has 1 saturated carbocycles. The Bertz CT molecular complexity index is 894. The molecule has 24 heavy (non-hydrogen) atoms. The number of hydrogen-bond acceptors (Lipinski definition) is 3. The van der Waals surface area contributed by atoms with E-state index in [0.717, 1.165) is 22.8 Å². The molecule has 0 spiro atoms. The molecule has 3 aromatic rings. The second-order valence-electron chi connectivity index (χ2n) is 6.66. The Morgan fingerprint density at radius 2 is 1.96 bits per heavy atom. The summed E-state index contributed by atoms with van der Waals surface area (Å²) in [6, 6.07) is 10.0. The van der Waals surface area contributed by atoms with Crippen LogP contribution >= 0.6 is 0 Å². The topological polar surface area (TPSA) is 67.2 Å². The van der Waals surface area contributed by atoms with E-state index >= 15 is 0 Å². The van der Waals surface area contributed by atoms with Crippen molar-refractivity contribution >= 4 is 27.7 Å².